The van der Waals surface area contributed by atoms with Crippen LogP contribution in [0.1, 0.15) is 6.42 Å². The maximum Gasteiger partial charge on any atom is 0.328 e. The van der Waals surface area contributed by atoms with Gasteiger partial charge in [-0.1, -0.05) is 0 Å². The quantitative estimate of drug-likeness (QED) is 0.436. The predicted molar refractivity (Wildman–Crippen MR) is 43.9 cm³/mol. The average molecular weight is 223 g/mol. The molecule has 0 spiro atoms. The number of cyclic esters (lactones) is 1. The van der Waals surface area contributed by atoms with Gasteiger partial charge in [0.25, 0.3) is 10.1 Å². The maximum absolute atomic E-state index is 10.9. The standard InChI is InChI=1S/C6H9NO6S/c8-5(3-14(10,11)12)7-4-1-2-13-6(4)9/h4H,1-3H2,(H,7,8)(H,10,11,12). The van der Waals surface area contributed by atoms with Crippen molar-refractivity contribution in [3.63, 3.8) is 0 Å². The Balaban J connectivity index is 2.45. The Morgan fingerprint density at radius 2 is 2.29 bits per heavy atom. The molecule has 0 aromatic carbocycles. The Hall–Kier alpha value is -1.15. The van der Waals surface area contributed by atoms with Gasteiger partial charge in [-0.2, -0.15) is 8.42 Å². The molecule has 1 rings (SSSR count). The summed E-state index contributed by atoms with van der Waals surface area (Å²) in [5, 5.41) is 2.13. The van der Waals surface area contributed by atoms with E-state index in [1.807, 2.05) is 0 Å². The molecule has 8 heteroatoms. The zero-order valence-electron chi connectivity index (χ0n) is 7.10. The normalized spacial score (nSPS) is 21.8. The molecule has 1 saturated heterocycles. The number of carbonyl (C=O) groups excluding carboxylic acids is 2. The van der Waals surface area contributed by atoms with E-state index in [2.05, 4.69) is 10.1 Å². The summed E-state index contributed by atoms with van der Waals surface area (Å²) < 4.78 is 33.4. The molecule has 1 aliphatic heterocycles. The summed E-state index contributed by atoms with van der Waals surface area (Å²) in [6.45, 7) is 0.204. The molecule has 14 heavy (non-hydrogen) atoms. The van der Waals surface area contributed by atoms with Gasteiger partial charge in [-0.15, -0.1) is 0 Å². The number of amides is 1. The van der Waals surface area contributed by atoms with E-state index < -0.39 is 33.8 Å². The first kappa shape index (κ1) is 10.9. The fourth-order valence-corrected chi connectivity index (χ4v) is 1.44. The summed E-state index contributed by atoms with van der Waals surface area (Å²) in [5.74, 6) is -2.55. The minimum absolute atomic E-state index is 0.204. The summed E-state index contributed by atoms with van der Waals surface area (Å²) in [4.78, 5) is 21.7. The second-order valence-corrected chi connectivity index (χ2v) is 4.26. The van der Waals surface area contributed by atoms with Gasteiger partial charge < -0.3 is 10.1 Å². The molecule has 0 aromatic heterocycles. The lowest BCUT2D eigenvalue weighted by Gasteiger charge is -2.06. The van der Waals surface area contributed by atoms with Crippen LogP contribution in [-0.4, -0.2) is 43.2 Å². The number of carbonyl (C=O) groups is 2. The van der Waals surface area contributed by atoms with E-state index in [1.165, 1.54) is 0 Å². The van der Waals surface area contributed by atoms with E-state index in [0.717, 1.165) is 0 Å². The monoisotopic (exact) mass is 223 g/mol. The lowest BCUT2D eigenvalue weighted by atomic mass is 10.2. The molecule has 1 aliphatic rings. The first-order valence-corrected chi connectivity index (χ1v) is 5.40. The van der Waals surface area contributed by atoms with Crippen molar-refractivity contribution >= 4 is 22.0 Å². The molecule has 1 fully saturated rings. The highest BCUT2D eigenvalue weighted by molar-refractivity contribution is 7.86. The lowest BCUT2D eigenvalue weighted by Crippen LogP contribution is -2.40. The Morgan fingerprint density at radius 1 is 1.64 bits per heavy atom. The van der Waals surface area contributed by atoms with Crippen LogP contribution in [0.25, 0.3) is 0 Å². The third kappa shape index (κ3) is 3.30. The first-order chi connectivity index (χ1) is 6.38. The summed E-state index contributed by atoms with van der Waals surface area (Å²) >= 11 is 0. The fraction of sp³-hybridized carbons (Fsp3) is 0.667. The molecule has 0 bridgehead atoms. The summed E-state index contributed by atoms with van der Waals surface area (Å²) in [5.41, 5.74) is 0. The van der Waals surface area contributed by atoms with Crippen LogP contribution in [0.15, 0.2) is 0 Å². The van der Waals surface area contributed by atoms with Crippen molar-refractivity contribution < 1.29 is 27.3 Å². The number of ether oxygens (including phenoxy) is 1. The highest BCUT2D eigenvalue weighted by Gasteiger charge is 2.28. The third-order valence-electron chi connectivity index (χ3n) is 1.58. The maximum atomic E-state index is 10.9. The van der Waals surface area contributed by atoms with E-state index >= 15 is 0 Å². The van der Waals surface area contributed by atoms with Crippen molar-refractivity contribution in [2.45, 2.75) is 12.5 Å². The van der Waals surface area contributed by atoms with E-state index in [4.69, 9.17) is 4.55 Å². The molecule has 0 aliphatic carbocycles. The van der Waals surface area contributed by atoms with Crippen LogP contribution >= 0.6 is 0 Å². The molecule has 2 N–H and O–H groups in total. The minimum Gasteiger partial charge on any atom is -0.464 e. The van der Waals surface area contributed by atoms with Crippen LogP contribution in [0.5, 0.6) is 0 Å². The van der Waals surface area contributed by atoms with Crippen LogP contribution in [0.4, 0.5) is 0 Å². The highest BCUT2D eigenvalue weighted by Crippen LogP contribution is 2.05. The summed E-state index contributed by atoms with van der Waals surface area (Å²) in [6, 6.07) is -0.802. The molecule has 1 unspecified atom stereocenters. The second-order valence-electron chi connectivity index (χ2n) is 2.80. The highest BCUT2D eigenvalue weighted by atomic mass is 32.2. The van der Waals surface area contributed by atoms with Crippen LogP contribution in [-0.2, 0) is 24.4 Å². The Bertz CT molecular complexity index is 347. The van der Waals surface area contributed by atoms with Crippen molar-refractivity contribution in [3.05, 3.63) is 0 Å². The van der Waals surface area contributed by atoms with Gasteiger partial charge in [0.1, 0.15) is 6.04 Å². The molecule has 1 amide bonds. The minimum atomic E-state index is -4.35. The van der Waals surface area contributed by atoms with Gasteiger partial charge >= 0.3 is 5.97 Å². The summed E-state index contributed by atoms with van der Waals surface area (Å²) in [6.07, 6.45) is 0.316. The smallest absolute Gasteiger partial charge is 0.328 e. The van der Waals surface area contributed by atoms with Crippen LogP contribution in [0.2, 0.25) is 0 Å². The zero-order chi connectivity index (χ0) is 10.8. The van der Waals surface area contributed by atoms with E-state index in [1.54, 1.807) is 0 Å². The van der Waals surface area contributed by atoms with Crippen molar-refractivity contribution in [2.24, 2.45) is 0 Å². The number of rotatable bonds is 3. The van der Waals surface area contributed by atoms with E-state index in [0.29, 0.717) is 6.42 Å². The van der Waals surface area contributed by atoms with Crippen molar-refractivity contribution in [1.29, 1.82) is 0 Å². The van der Waals surface area contributed by atoms with Crippen LogP contribution < -0.4 is 5.32 Å². The molecular formula is C6H9NO6S. The first-order valence-electron chi connectivity index (χ1n) is 3.79. The van der Waals surface area contributed by atoms with Crippen LogP contribution in [0, 0.1) is 0 Å². The van der Waals surface area contributed by atoms with Gasteiger partial charge in [0.15, 0.2) is 5.75 Å². The van der Waals surface area contributed by atoms with Crippen molar-refractivity contribution in [2.75, 3.05) is 12.4 Å². The SMILES string of the molecule is O=C(CS(=O)(=O)O)NC1CCOC1=O. The second kappa shape index (κ2) is 3.93. The average Bonchev–Trinajstić information content (AvgIpc) is 2.32. The molecule has 0 radical (unpaired) electrons. The fourth-order valence-electron chi connectivity index (χ4n) is 1.03. The number of nitrogens with one attached hydrogen (secondary N) is 1. The van der Waals surface area contributed by atoms with Gasteiger partial charge in [0.2, 0.25) is 5.91 Å². The third-order valence-corrected chi connectivity index (χ3v) is 2.21. The van der Waals surface area contributed by atoms with Gasteiger partial charge in [0.05, 0.1) is 6.61 Å². The zero-order valence-corrected chi connectivity index (χ0v) is 7.91. The number of esters is 1. The Labute approximate surface area is 80.2 Å². The van der Waals surface area contributed by atoms with E-state index in [9.17, 15) is 18.0 Å². The number of hydrogen-bond acceptors (Lipinski definition) is 5. The molecule has 80 valence electrons. The largest absolute Gasteiger partial charge is 0.464 e. The van der Waals surface area contributed by atoms with Crippen molar-refractivity contribution in [3.8, 4) is 0 Å². The Morgan fingerprint density at radius 3 is 2.71 bits per heavy atom. The van der Waals surface area contributed by atoms with Gasteiger partial charge in [0, 0.05) is 6.42 Å². The van der Waals surface area contributed by atoms with Gasteiger partial charge in [-0.25, -0.2) is 4.79 Å². The Kier molecular flexibility index (Phi) is 3.06. The topological polar surface area (TPSA) is 110 Å². The molecular weight excluding hydrogens is 214 g/mol. The molecule has 0 aromatic rings. The molecule has 7 nitrogen and oxygen atoms in total. The van der Waals surface area contributed by atoms with E-state index in [-0.39, 0.29) is 6.61 Å². The van der Waals surface area contributed by atoms with Gasteiger partial charge in [-0.3, -0.25) is 9.35 Å². The molecule has 0 saturated carbocycles. The lowest BCUT2D eigenvalue weighted by molar-refractivity contribution is -0.141. The van der Waals surface area contributed by atoms with Gasteiger partial charge in [-0.05, 0) is 0 Å². The molecule has 1 atom stereocenters. The molecule has 1 heterocycles. The van der Waals surface area contributed by atoms with Crippen LogP contribution in [0.3, 0.4) is 0 Å². The predicted octanol–water partition coefficient (Wildman–Crippen LogP) is -1.69. The number of hydrogen-bond donors (Lipinski definition) is 2. The van der Waals surface area contributed by atoms with Crippen molar-refractivity contribution in [1.82, 2.24) is 5.32 Å². The summed E-state index contributed by atoms with van der Waals surface area (Å²) in [7, 11) is -4.35.